The summed E-state index contributed by atoms with van der Waals surface area (Å²) in [5.74, 6) is -2.32. The molecule has 0 spiro atoms. The molecule has 1 saturated heterocycles. The van der Waals surface area contributed by atoms with Crippen LogP contribution in [0.5, 0.6) is 11.6 Å². The highest BCUT2D eigenvalue weighted by molar-refractivity contribution is 5.92. The number of ether oxygens (including phenoxy) is 2. The van der Waals surface area contributed by atoms with Crippen molar-refractivity contribution in [3.05, 3.63) is 41.1 Å². The first-order valence-electron chi connectivity index (χ1n) is 11.0. The zero-order chi connectivity index (χ0) is 24.1. The lowest BCUT2D eigenvalue weighted by Crippen LogP contribution is -2.43. The van der Waals surface area contributed by atoms with Gasteiger partial charge in [-0.25, -0.2) is 13.5 Å². The summed E-state index contributed by atoms with van der Waals surface area (Å²) in [6, 6.07) is 4.29. The zero-order valence-corrected chi connectivity index (χ0v) is 18.1. The summed E-state index contributed by atoms with van der Waals surface area (Å²) in [6.45, 7) is 1.17. The summed E-state index contributed by atoms with van der Waals surface area (Å²) in [5.41, 5.74) is -0.263. The third-order valence-electron chi connectivity index (χ3n) is 6.29. The molecule has 2 aromatic rings. The van der Waals surface area contributed by atoms with Gasteiger partial charge in [0, 0.05) is 25.6 Å². The quantitative estimate of drug-likeness (QED) is 0.658. The molecule has 3 aliphatic rings. The van der Waals surface area contributed by atoms with Gasteiger partial charge in [-0.1, -0.05) is 0 Å². The number of nitrogens with zero attached hydrogens (tertiary/aromatic N) is 3. The van der Waals surface area contributed by atoms with Gasteiger partial charge in [0.2, 0.25) is 5.88 Å². The van der Waals surface area contributed by atoms with Gasteiger partial charge in [0.05, 0.1) is 24.7 Å². The minimum atomic E-state index is -4.46. The number of aromatic nitrogens is 2. The highest BCUT2D eigenvalue weighted by Gasteiger charge is 2.38. The van der Waals surface area contributed by atoms with Gasteiger partial charge in [-0.3, -0.25) is 9.69 Å². The Morgan fingerprint density at radius 2 is 2.09 bits per heavy atom. The van der Waals surface area contributed by atoms with E-state index in [1.165, 1.54) is 12.1 Å². The zero-order valence-electron chi connectivity index (χ0n) is 18.1. The second-order valence-corrected chi connectivity index (χ2v) is 8.97. The Morgan fingerprint density at radius 1 is 1.26 bits per heavy atom. The number of hydrogen-bond donors (Lipinski definition) is 1. The second-order valence-electron chi connectivity index (χ2n) is 8.97. The molecule has 4 heterocycles. The van der Waals surface area contributed by atoms with Gasteiger partial charge in [-0.15, -0.1) is 0 Å². The Labute approximate surface area is 191 Å². The van der Waals surface area contributed by atoms with Crippen molar-refractivity contribution in [2.75, 3.05) is 26.2 Å². The van der Waals surface area contributed by atoms with E-state index in [-0.39, 0.29) is 37.8 Å². The molecule has 1 amide bonds. The number of hydrogen-bond acceptors (Lipinski definition) is 5. The number of fused-ring (bicyclic) bond motifs is 2. The normalized spacial score (nSPS) is 23.7. The summed E-state index contributed by atoms with van der Waals surface area (Å²) in [4.78, 5) is 14.4. The predicted molar refractivity (Wildman–Crippen MR) is 109 cm³/mol. The molecule has 1 aromatic heterocycles. The Bertz CT molecular complexity index is 1060. The average molecular weight is 486 g/mol. The predicted octanol–water partition coefficient (Wildman–Crippen LogP) is 3.13. The molecular formula is C22H23F5N4O3. The number of likely N-dealkylation sites (tertiary alicyclic amines) is 1. The van der Waals surface area contributed by atoms with Crippen LogP contribution in [0.3, 0.4) is 0 Å². The highest BCUT2D eigenvalue weighted by atomic mass is 19.4. The molecule has 0 bridgehead atoms. The highest BCUT2D eigenvalue weighted by Crippen LogP contribution is 2.34. The number of alkyl halides is 5. The molecule has 184 valence electrons. The third kappa shape index (κ3) is 4.82. The standard InChI is InChI=1S/C22H23F5N4O3/c23-21(24)4-6-30(12-21)5-3-16-10-31-19(34-16)9-17(29-31)20(32)28-15-8-13-7-14(22(25,26)27)1-2-18(13)33-11-15/h1-2,7,9,15-16H,3-6,8,10-12H2,(H,28,32)/t15-,16?/m1/s1. The van der Waals surface area contributed by atoms with Gasteiger partial charge in [0.1, 0.15) is 18.5 Å². The van der Waals surface area contributed by atoms with Crippen molar-refractivity contribution in [1.29, 1.82) is 0 Å². The van der Waals surface area contributed by atoms with Gasteiger partial charge in [0.15, 0.2) is 5.69 Å². The van der Waals surface area contributed by atoms with E-state index in [4.69, 9.17) is 9.47 Å². The SMILES string of the molecule is O=C(N[C@H]1COc2ccc(C(F)(F)F)cc2C1)c1cc2n(n1)CC(CCN1CCC(F)(F)C1)O2. The summed E-state index contributed by atoms with van der Waals surface area (Å²) in [7, 11) is 0. The average Bonchev–Trinajstić information content (AvgIpc) is 3.43. The number of nitrogens with one attached hydrogen (secondary N) is 1. The molecule has 1 fully saturated rings. The Morgan fingerprint density at radius 3 is 2.79 bits per heavy atom. The van der Waals surface area contributed by atoms with E-state index in [1.807, 2.05) is 0 Å². The Kier molecular flexibility index (Phi) is 5.65. The topological polar surface area (TPSA) is 68.6 Å². The largest absolute Gasteiger partial charge is 0.491 e. The van der Waals surface area contributed by atoms with Gasteiger partial charge >= 0.3 is 6.18 Å². The van der Waals surface area contributed by atoms with Crippen LogP contribution in [0.25, 0.3) is 0 Å². The fraction of sp³-hybridized carbons (Fsp3) is 0.545. The minimum absolute atomic E-state index is 0.125. The summed E-state index contributed by atoms with van der Waals surface area (Å²) in [6.07, 6.45) is -4.02. The van der Waals surface area contributed by atoms with Gasteiger partial charge in [-0.2, -0.15) is 18.3 Å². The van der Waals surface area contributed by atoms with Crippen LogP contribution in [-0.4, -0.2) is 64.9 Å². The van der Waals surface area contributed by atoms with Crippen molar-refractivity contribution >= 4 is 5.91 Å². The van der Waals surface area contributed by atoms with Crippen molar-refractivity contribution in [2.45, 2.75) is 50.1 Å². The number of amides is 1. The molecule has 1 unspecified atom stereocenters. The number of carbonyl (C=O) groups is 1. The molecule has 1 N–H and O–H groups in total. The molecule has 0 saturated carbocycles. The van der Waals surface area contributed by atoms with E-state index in [9.17, 15) is 26.7 Å². The van der Waals surface area contributed by atoms with E-state index in [2.05, 4.69) is 10.4 Å². The van der Waals surface area contributed by atoms with E-state index in [1.54, 1.807) is 9.58 Å². The molecule has 0 aliphatic carbocycles. The maximum atomic E-state index is 13.3. The van der Waals surface area contributed by atoms with E-state index < -0.39 is 29.6 Å². The lowest BCUT2D eigenvalue weighted by atomic mass is 10.00. The number of benzene rings is 1. The Hall–Kier alpha value is -2.89. The molecular weight excluding hydrogens is 463 g/mol. The fourth-order valence-corrected chi connectivity index (χ4v) is 4.53. The van der Waals surface area contributed by atoms with Crippen LogP contribution in [0.1, 0.15) is 34.5 Å². The molecule has 12 heteroatoms. The fourth-order valence-electron chi connectivity index (χ4n) is 4.53. The van der Waals surface area contributed by atoms with E-state index >= 15 is 0 Å². The number of rotatable bonds is 5. The minimum Gasteiger partial charge on any atom is -0.491 e. The van der Waals surface area contributed by atoms with Crippen LogP contribution in [0, 0.1) is 0 Å². The van der Waals surface area contributed by atoms with Crippen LogP contribution in [0.15, 0.2) is 24.3 Å². The molecule has 0 radical (unpaired) electrons. The maximum absolute atomic E-state index is 13.3. The number of carbonyl (C=O) groups excluding carboxylic acids is 1. The molecule has 3 aliphatic heterocycles. The van der Waals surface area contributed by atoms with Crippen molar-refractivity contribution < 1.29 is 36.2 Å². The van der Waals surface area contributed by atoms with Crippen LogP contribution >= 0.6 is 0 Å². The van der Waals surface area contributed by atoms with E-state index in [0.29, 0.717) is 43.2 Å². The molecule has 1 aromatic carbocycles. The van der Waals surface area contributed by atoms with Crippen LogP contribution in [0.4, 0.5) is 22.0 Å². The first-order chi connectivity index (χ1) is 16.1. The van der Waals surface area contributed by atoms with Gasteiger partial charge in [-0.05, 0) is 36.6 Å². The van der Waals surface area contributed by atoms with Crippen molar-refractivity contribution in [3.63, 3.8) is 0 Å². The number of halogens is 5. The summed E-state index contributed by atoms with van der Waals surface area (Å²) >= 11 is 0. The van der Waals surface area contributed by atoms with Crippen LogP contribution < -0.4 is 14.8 Å². The van der Waals surface area contributed by atoms with E-state index in [0.717, 1.165) is 12.1 Å². The monoisotopic (exact) mass is 486 g/mol. The summed E-state index contributed by atoms with van der Waals surface area (Å²) in [5, 5.41) is 7.01. The van der Waals surface area contributed by atoms with Crippen molar-refractivity contribution in [1.82, 2.24) is 20.0 Å². The van der Waals surface area contributed by atoms with Crippen molar-refractivity contribution in [2.24, 2.45) is 0 Å². The molecule has 5 rings (SSSR count). The summed E-state index contributed by atoms with van der Waals surface area (Å²) < 4.78 is 78.5. The lowest BCUT2D eigenvalue weighted by molar-refractivity contribution is -0.137. The lowest BCUT2D eigenvalue weighted by Gasteiger charge is -2.26. The maximum Gasteiger partial charge on any atom is 0.416 e. The third-order valence-corrected chi connectivity index (χ3v) is 6.29. The Balaban J connectivity index is 1.14. The van der Waals surface area contributed by atoms with Gasteiger partial charge in [0.25, 0.3) is 11.8 Å². The first kappa shape index (κ1) is 22.9. The second kappa shape index (κ2) is 8.40. The van der Waals surface area contributed by atoms with Crippen LogP contribution in [0.2, 0.25) is 0 Å². The smallest absolute Gasteiger partial charge is 0.416 e. The van der Waals surface area contributed by atoms with Gasteiger partial charge < -0.3 is 14.8 Å². The molecule has 34 heavy (non-hydrogen) atoms. The molecule has 2 atom stereocenters. The van der Waals surface area contributed by atoms with Crippen LogP contribution in [-0.2, 0) is 19.1 Å². The van der Waals surface area contributed by atoms with Crippen molar-refractivity contribution in [3.8, 4) is 11.6 Å². The first-order valence-corrected chi connectivity index (χ1v) is 11.0. The molecule has 7 nitrogen and oxygen atoms in total.